The molecule has 1 saturated carbocycles. The number of nitrogens with zero attached hydrogens (tertiary/aromatic N) is 2. The molecule has 122 valence electrons. The first kappa shape index (κ1) is 16.6. The molecule has 1 aliphatic rings. The smallest absolute Gasteiger partial charge is 0.245 e. The Balaban J connectivity index is 2.12. The number of rotatable bonds is 7. The number of nitrogens with one attached hydrogen (secondary N) is 2. The van der Waals surface area contributed by atoms with Crippen LogP contribution >= 0.6 is 0 Å². The first-order valence-corrected chi connectivity index (χ1v) is 8.39. The van der Waals surface area contributed by atoms with Crippen molar-refractivity contribution in [2.45, 2.75) is 17.7 Å². The van der Waals surface area contributed by atoms with Crippen LogP contribution in [-0.2, 0) is 14.8 Å². The van der Waals surface area contributed by atoms with Crippen molar-refractivity contribution < 1.29 is 17.6 Å². The lowest BCUT2D eigenvalue weighted by molar-refractivity contribution is -0.119. The van der Waals surface area contributed by atoms with Gasteiger partial charge in [-0.05, 0) is 30.9 Å². The summed E-state index contributed by atoms with van der Waals surface area (Å²) in [5.74, 6) is -0.803. The molecule has 1 amide bonds. The lowest BCUT2D eigenvalue weighted by Gasteiger charge is -2.17. The Hall–Kier alpha value is -1.74. The van der Waals surface area contributed by atoms with Crippen LogP contribution in [0.3, 0.4) is 0 Å². The van der Waals surface area contributed by atoms with Crippen LogP contribution in [-0.4, -0.2) is 46.5 Å². The molecule has 1 aromatic rings. The molecule has 0 aliphatic heterocycles. The number of likely N-dealkylation sites (N-methyl/N-ethyl adjacent to an activating group) is 2. The van der Waals surface area contributed by atoms with Gasteiger partial charge in [0.2, 0.25) is 21.9 Å². The third-order valence-corrected chi connectivity index (χ3v) is 4.83. The zero-order chi connectivity index (χ0) is 16.3. The molecule has 0 atom stereocenters. The fraction of sp³-hybridized carbons (Fsp3) is 0.538. The van der Waals surface area contributed by atoms with Crippen molar-refractivity contribution in [3.05, 3.63) is 18.1 Å². The van der Waals surface area contributed by atoms with Crippen molar-refractivity contribution in [1.29, 1.82) is 0 Å². The summed E-state index contributed by atoms with van der Waals surface area (Å²) in [4.78, 5) is 15.9. The minimum atomic E-state index is -3.90. The maximum absolute atomic E-state index is 14.0. The fourth-order valence-corrected chi connectivity index (χ4v) is 2.95. The first-order chi connectivity index (χ1) is 10.3. The van der Waals surface area contributed by atoms with Crippen LogP contribution in [0.1, 0.15) is 12.8 Å². The van der Waals surface area contributed by atoms with Crippen LogP contribution in [0, 0.1) is 11.9 Å². The van der Waals surface area contributed by atoms with E-state index in [0.29, 0.717) is 12.5 Å². The first-order valence-electron chi connectivity index (χ1n) is 6.91. The Morgan fingerprint density at radius 3 is 2.68 bits per heavy atom. The molecule has 0 aromatic carbocycles. The highest BCUT2D eigenvalue weighted by atomic mass is 32.2. The van der Waals surface area contributed by atoms with Crippen molar-refractivity contribution in [2.75, 3.05) is 32.1 Å². The Kier molecular flexibility index (Phi) is 4.97. The SMILES string of the molecule is CNC(=O)CN(C)c1ccc(S(=O)(=O)NCC2CC2)c(F)n1. The van der Waals surface area contributed by atoms with Gasteiger partial charge in [0.25, 0.3) is 0 Å². The minimum Gasteiger partial charge on any atom is -0.358 e. The molecular weight excluding hydrogens is 311 g/mol. The molecule has 22 heavy (non-hydrogen) atoms. The molecule has 2 rings (SSSR count). The van der Waals surface area contributed by atoms with Crippen LogP contribution in [0.5, 0.6) is 0 Å². The van der Waals surface area contributed by atoms with E-state index in [2.05, 4.69) is 15.0 Å². The monoisotopic (exact) mass is 330 g/mol. The van der Waals surface area contributed by atoms with Crippen LogP contribution in [0.15, 0.2) is 17.0 Å². The minimum absolute atomic E-state index is 0.00499. The number of pyridine rings is 1. The van der Waals surface area contributed by atoms with Crippen molar-refractivity contribution in [3.8, 4) is 0 Å². The van der Waals surface area contributed by atoms with Crippen LogP contribution in [0.25, 0.3) is 0 Å². The van der Waals surface area contributed by atoms with Gasteiger partial charge in [0, 0.05) is 20.6 Å². The largest absolute Gasteiger partial charge is 0.358 e. The van der Waals surface area contributed by atoms with Gasteiger partial charge in [-0.3, -0.25) is 4.79 Å². The molecule has 1 aliphatic carbocycles. The predicted molar refractivity (Wildman–Crippen MR) is 79.4 cm³/mol. The topological polar surface area (TPSA) is 91.4 Å². The second-order valence-corrected chi connectivity index (χ2v) is 7.02. The number of carbonyl (C=O) groups excluding carboxylic acids is 1. The van der Waals surface area contributed by atoms with Gasteiger partial charge in [0.05, 0.1) is 6.54 Å². The van der Waals surface area contributed by atoms with Gasteiger partial charge in [0.15, 0.2) is 0 Å². The molecule has 9 heteroatoms. The van der Waals surface area contributed by atoms with Gasteiger partial charge in [-0.2, -0.15) is 4.39 Å². The van der Waals surface area contributed by atoms with Crippen molar-refractivity contribution in [3.63, 3.8) is 0 Å². The number of aromatic nitrogens is 1. The van der Waals surface area contributed by atoms with Crippen molar-refractivity contribution in [2.24, 2.45) is 5.92 Å². The molecule has 0 saturated heterocycles. The molecule has 0 unspecified atom stereocenters. The normalized spacial score (nSPS) is 14.7. The van der Waals surface area contributed by atoms with E-state index in [1.54, 1.807) is 7.05 Å². The maximum Gasteiger partial charge on any atom is 0.245 e. The van der Waals surface area contributed by atoms with Gasteiger partial charge < -0.3 is 10.2 Å². The lowest BCUT2D eigenvalue weighted by Crippen LogP contribution is -2.33. The molecule has 0 spiro atoms. The molecule has 2 N–H and O–H groups in total. The molecule has 1 heterocycles. The summed E-state index contributed by atoms with van der Waals surface area (Å²) in [7, 11) is -0.844. The van der Waals surface area contributed by atoms with Gasteiger partial charge in [-0.25, -0.2) is 18.1 Å². The van der Waals surface area contributed by atoms with Gasteiger partial charge >= 0.3 is 0 Å². The fourth-order valence-electron chi connectivity index (χ4n) is 1.83. The lowest BCUT2D eigenvalue weighted by atomic mass is 10.4. The molecular formula is C13H19FN4O3S. The molecule has 7 nitrogen and oxygen atoms in total. The zero-order valence-corrected chi connectivity index (χ0v) is 13.3. The second kappa shape index (κ2) is 6.57. The summed E-state index contributed by atoms with van der Waals surface area (Å²) < 4.78 is 40.4. The Morgan fingerprint density at radius 2 is 2.14 bits per heavy atom. The number of hydrogen-bond donors (Lipinski definition) is 2. The van der Waals surface area contributed by atoms with E-state index in [4.69, 9.17) is 0 Å². The Morgan fingerprint density at radius 1 is 1.45 bits per heavy atom. The highest BCUT2D eigenvalue weighted by molar-refractivity contribution is 7.89. The standard InChI is InChI=1S/C13H19FN4O3S/c1-15-12(19)8-18(2)11-6-5-10(13(14)17-11)22(20,21)16-7-9-3-4-9/h5-6,9,16H,3-4,7-8H2,1-2H3,(H,15,19). The number of anilines is 1. The highest BCUT2D eigenvalue weighted by Crippen LogP contribution is 2.28. The summed E-state index contributed by atoms with van der Waals surface area (Å²) >= 11 is 0. The zero-order valence-electron chi connectivity index (χ0n) is 12.5. The number of sulfonamides is 1. The molecule has 0 radical (unpaired) electrons. The molecule has 1 fully saturated rings. The average Bonchev–Trinajstić information content (AvgIpc) is 3.28. The number of halogens is 1. The van der Waals surface area contributed by atoms with Crippen LogP contribution in [0.4, 0.5) is 10.2 Å². The van der Waals surface area contributed by atoms with Gasteiger partial charge in [-0.1, -0.05) is 0 Å². The third kappa shape index (κ3) is 4.14. The summed E-state index contributed by atoms with van der Waals surface area (Å²) in [6.45, 7) is 0.315. The van der Waals surface area contributed by atoms with Crippen molar-refractivity contribution >= 4 is 21.7 Å². The van der Waals surface area contributed by atoms with E-state index in [9.17, 15) is 17.6 Å². The summed E-state index contributed by atoms with van der Waals surface area (Å²) in [6, 6.07) is 2.53. The maximum atomic E-state index is 14.0. The van der Waals surface area contributed by atoms with Crippen LogP contribution in [0.2, 0.25) is 0 Å². The number of carbonyl (C=O) groups is 1. The highest BCUT2D eigenvalue weighted by Gasteiger charge is 2.26. The predicted octanol–water partition coefficient (Wildman–Crippen LogP) is 0.0912. The average molecular weight is 330 g/mol. The van der Waals surface area contributed by atoms with E-state index in [0.717, 1.165) is 18.9 Å². The quantitative estimate of drug-likeness (QED) is 0.692. The number of amides is 1. The summed E-state index contributed by atoms with van der Waals surface area (Å²) in [6.07, 6.45) is 1.99. The summed E-state index contributed by atoms with van der Waals surface area (Å²) in [5.41, 5.74) is 0. The van der Waals surface area contributed by atoms with E-state index < -0.39 is 20.9 Å². The van der Waals surface area contributed by atoms with Crippen LogP contribution < -0.4 is 14.9 Å². The molecule has 1 aromatic heterocycles. The van der Waals surface area contributed by atoms with E-state index >= 15 is 0 Å². The van der Waals surface area contributed by atoms with Gasteiger partial charge in [0.1, 0.15) is 10.7 Å². The molecule has 0 bridgehead atoms. The number of hydrogen-bond acceptors (Lipinski definition) is 5. The van der Waals surface area contributed by atoms with Gasteiger partial charge in [-0.15, -0.1) is 0 Å². The van der Waals surface area contributed by atoms with E-state index in [-0.39, 0.29) is 18.3 Å². The second-order valence-electron chi connectivity index (χ2n) is 5.28. The third-order valence-electron chi connectivity index (χ3n) is 3.40. The van der Waals surface area contributed by atoms with E-state index in [1.807, 2.05) is 0 Å². The Bertz CT molecular complexity index is 661. The van der Waals surface area contributed by atoms with E-state index in [1.165, 1.54) is 18.0 Å². The summed E-state index contributed by atoms with van der Waals surface area (Å²) in [5, 5.41) is 2.44. The van der Waals surface area contributed by atoms with Crippen molar-refractivity contribution in [1.82, 2.24) is 15.0 Å². The Labute approximate surface area is 129 Å².